The molecule has 1 heterocycles. The molecule has 0 saturated carbocycles. The van der Waals surface area contributed by atoms with Crippen molar-refractivity contribution in [3.8, 4) is 5.75 Å². The number of carbonyl (C=O) groups is 1. The van der Waals surface area contributed by atoms with Gasteiger partial charge >= 0.3 is 12.4 Å². The van der Waals surface area contributed by atoms with Gasteiger partial charge in [-0.15, -0.1) is 0 Å². The van der Waals surface area contributed by atoms with Crippen molar-refractivity contribution in [1.82, 2.24) is 10.3 Å². The summed E-state index contributed by atoms with van der Waals surface area (Å²) in [6.07, 6.45) is -4.22. The van der Waals surface area contributed by atoms with E-state index in [4.69, 9.17) is 0 Å². The van der Waals surface area contributed by atoms with Gasteiger partial charge in [-0.1, -0.05) is 18.2 Å². The van der Waals surface area contributed by atoms with Gasteiger partial charge in [-0.3, -0.25) is 9.78 Å². The normalized spacial score (nSPS) is 17.2. The minimum absolute atomic E-state index is 0.0115. The van der Waals surface area contributed by atoms with Gasteiger partial charge in [0.05, 0.1) is 24.5 Å². The van der Waals surface area contributed by atoms with Gasteiger partial charge in [-0.25, -0.2) is 0 Å². The summed E-state index contributed by atoms with van der Waals surface area (Å²) in [5, 5.41) is 2.55. The molecule has 1 N–H and O–H groups in total. The molecule has 0 aliphatic heterocycles. The van der Waals surface area contributed by atoms with E-state index in [0.29, 0.717) is 5.69 Å². The Morgan fingerprint density at radius 1 is 1.14 bits per heavy atom. The Balaban J connectivity index is 1.77. The molecule has 1 aromatic heterocycles. The summed E-state index contributed by atoms with van der Waals surface area (Å²) in [6.45, 7) is -2.79. The van der Waals surface area contributed by atoms with Crippen LogP contribution in [0.25, 0.3) is 0 Å². The lowest BCUT2D eigenvalue weighted by Gasteiger charge is -2.18. The zero-order chi connectivity index (χ0) is 20.8. The zero-order valence-corrected chi connectivity index (χ0v) is 14.3. The molecule has 28 heavy (non-hydrogen) atoms. The van der Waals surface area contributed by atoms with Crippen LogP contribution in [0.1, 0.15) is 12.1 Å². The van der Waals surface area contributed by atoms with Crippen LogP contribution in [-0.4, -0.2) is 42.6 Å². The first-order valence-corrected chi connectivity index (χ1v) is 8.01. The highest BCUT2D eigenvalue weighted by Crippen LogP contribution is 2.20. The zero-order valence-electron chi connectivity index (χ0n) is 14.3. The van der Waals surface area contributed by atoms with Crippen molar-refractivity contribution >= 4 is 5.91 Å². The molecule has 154 valence electrons. The van der Waals surface area contributed by atoms with Gasteiger partial charge in [0.1, 0.15) is 12.4 Å². The molecule has 0 fully saturated rings. The maximum atomic E-state index is 12.1. The number of hydrogen-bond donors (Lipinski definition) is 1. The molecule has 1 unspecified atom stereocenters. The number of hydrogen-bond acceptors (Lipinski definition) is 4. The molecule has 1 aromatic rings. The van der Waals surface area contributed by atoms with Gasteiger partial charge in [0.25, 0.3) is 5.91 Å². The van der Waals surface area contributed by atoms with Crippen molar-refractivity contribution in [3.63, 3.8) is 0 Å². The molecular formula is C17H16F6N2O3. The van der Waals surface area contributed by atoms with E-state index in [1.807, 2.05) is 0 Å². The first kappa shape index (κ1) is 21.7. The average molecular weight is 410 g/mol. The quantitative estimate of drug-likeness (QED) is 0.700. The van der Waals surface area contributed by atoms with Gasteiger partial charge in [0.2, 0.25) is 0 Å². The molecular weight excluding hydrogens is 394 g/mol. The highest BCUT2D eigenvalue weighted by Gasteiger charge is 2.29. The highest BCUT2D eigenvalue weighted by atomic mass is 19.4. The number of amides is 1. The Hall–Kier alpha value is -2.56. The lowest BCUT2D eigenvalue weighted by molar-refractivity contribution is -0.180. The van der Waals surface area contributed by atoms with Gasteiger partial charge in [0, 0.05) is 5.57 Å². The highest BCUT2D eigenvalue weighted by molar-refractivity contribution is 5.96. The Morgan fingerprint density at radius 2 is 1.86 bits per heavy atom. The van der Waals surface area contributed by atoms with Gasteiger partial charge < -0.3 is 14.8 Å². The van der Waals surface area contributed by atoms with Crippen LogP contribution in [0.4, 0.5) is 26.3 Å². The van der Waals surface area contributed by atoms with E-state index in [-0.39, 0.29) is 24.3 Å². The Kier molecular flexibility index (Phi) is 7.05. The first-order valence-electron chi connectivity index (χ1n) is 8.01. The molecule has 1 amide bonds. The van der Waals surface area contributed by atoms with Crippen molar-refractivity contribution in [3.05, 3.63) is 47.8 Å². The van der Waals surface area contributed by atoms with Crippen LogP contribution in [0.2, 0.25) is 0 Å². The molecule has 1 aliphatic rings. The van der Waals surface area contributed by atoms with Crippen LogP contribution in [0.15, 0.2) is 42.1 Å². The van der Waals surface area contributed by atoms with E-state index in [2.05, 4.69) is 19.8 Å². The maximum Gasteiger partial charge on any atom is 0.422 e. The predicted molar refractivity (Wildman–Crippen MR) is 85.3 cm³/mol. The van der Waals surface area contributed by atoms with Crippen LogP contribution in [0.5, 0.6) is 5.75 Å². The van der Waals surface area contributed by atoms with E-state index in [0.717, 1.165) is 6.20 Å². The second-order valence-corrected chi connectivity index (χ2v) is 5.79. The smallest absolute Gasteiger partial charge is 0.422 e. The van der Waals surface area contributed by atoms with E-state index >= 15 is 0 Å². The summed E-state index contributed by atoms with van der Waals surface area (Å²) in [7, 11) is 0. The minimum atomic E-state index is -4.45. The first-order chi connectivity index (χ1) is 13.0. The average Bonchev–Trinajstić information content (AvgIpc) is 2.63. The molecule has 0 saturated heterocycles. The predicted octanol–water partition coefficient (Wildman–Crippen LogP) is 3.47. The Morgan fingerprint density at radius 3 is 2.39 bits per heavy atom. The number of halogens is 6. The van der Waals surface area contributed by atoms with Gasteiger partial charge in [0.15, 0.2) is 6.61 Å². The van der Waals surface area contributed by atoms with E-state index in [9.17, 15) is 31.1 Å². The number of aromatic nitrogens is 1. The number of nitrogens with zero attached hydrogens (tertiary/aromatic N) is 1. The lowest BCUT2D eigenvalue weighted by Crippen LogP contribution is -2.27. The van der Waals surface area contributed by atoms with E-state index < -0.39 is 37.6 Å². The molecule has 0 bridgehead atoms. The molecule has 0 aromatic carbocycles. The van der Waals surface area contributed by atoms with Crippen molar-refractivity contribution in [1.29, 1.82) is 0 Å². The lowest BCUT2D eigenvalue weighted by atomic mass is 10.0. The van der Waals surface area contributed by atoms with Crippen molar-refractivity contribution in [2.45, 2.75) is 31.4 Å². The SMILES string of the molecule is O=C(NCc1ccc(OCC(F)(F)F)cn1)C1=CCC(OCC(F)(F)F)C=C1. The fourth-order valence-corrected chi connectivity index (χ4v) is 2.13. The third-order valence-electron chi connectivity index (χ3n) is 3.41. The largest absolute Gasteiger partial charge is 0.483 e. The number of ether oxygens (including phenoxy) is 2. The van der Waals surface area contributed by atoms with Gasteiger partial charge in [-0.05, 0) is 18.6 Å². The topological polar surface area (TPSA) is 60.5 Å². The summed E-state index contributed by atoms with van der Waals surface area (Å²) in [5.41, 5.74) is 0.650. The number of nitrogens with one attached hydrogen (secondary N) is 1. The summed E-state index contributed by atoms with van der Waals surface area (Å²) in [4.78, 5) is 15.9. The number of rotatable bonds is 7. The Labute approximate surface area is 156 Å². The van der Waals surface area contributed by atoms with Crippen molar-refractivity contribution in [2.24, 2.45) is 0 Å². The molecule has 1 aliphatic carbocycles. The fraction of sp³-hybridized carbons (Fsp3) is 0.412. The van der Waals surface area contributed by atoms with E-state index in [1.165, 1.54) is 30.4 Å². The number of carbonyl (C=O) groups excluding carboxylic acids is 1. The third kappa shape index (κ3) is 7.99. The second kappa shape index (κ2) is 9.09. The standard InChI is InChI=1S/C17H16F6N2O3/c18-16(19,20)9-27-13-4-1-11(2-5-13)15(26)25-7-12-3-6-14(8-24-12)28-10-17(21,22)23/h1-4,6,8,13H,5,7,9-10H2,(H,25,26). The van der Waals surface area contributed by atoms with E-state index in [1.54, 1.807) is 0 Å². The van der Waals surface area contributed by atoms with Crippen molar-refractivity contribution in [2.75, 3.05) is 13.2 Å². The molecule has 11 heteroatoms. The summed E-state index contributed by atoms with van der Waals surface area (Å²) < 4.78 is 81.7. The molecule has 0 spiro atoms. The molecule has 5 nitrogen and oxygen atoms in total. The summed E-state index contributed by atoms with van der Waals surface area (Å²) in [6, 6.07) is 2.70. The van der Waals surface area contributed by atoms with Crippen LogP contribution in [-0.2, 0) is 16.1 Å². The van der Waals surface area contributed by atoms with Crippen LogP contribution in [0.3, 0.4) is 0 Å². The second-order valence-electron chi connectivity index (χ2n) is 5.79. The van der Waals surface area contributed by atoms with Crippen molar-refractivity contribution < 1.29 is 40.6 Å². The van der Waals surface area contributed by atoms with Crippen LogP contribution < -0.4 is 10.1 Å². The minimum Gasteiger partial charge on any atom is -0.483 e. The van der Waals surface area contributed by atoms with Gasteiger partial charge in [-0.2, -0.15) is 26.3 Å². The third-order valence-corrected chi connectivity index (χ3v) is 3.41. The number of alkyl halides is 6. The molecule has 1 atom stereocenters. The molecule has 2 rings (SSSR count). The molecule has 0 radical (unpaired) electrons. The summed E-state index contributed by atoms with van der Waals surface area (Å²) >= 11 is 0. The summed E-state index contributed by atoms with van der Waals surface area (Å²) in [5.74, 6) is -0.528. The van der Waals surface area contributed by atoms with Crippen LogP contribution in [0, 0.1) is 0 Å². The fourth-order valence-electron chi connectivity index (χ4n) is 2.13. The Bertz CT molecular complexity index is 726. The van der Waals surface area contributed by atoms with Crippen LogP contribution >= 0.6 is 0 Å². The number of pyridine rings is 1. The maximum absolute atomic E-state index is 12.1. The monoisotopic (exact) mass is 410 g/mol.